The van der Waals surface area contributed by atoms with Crippen molar-refractivity contribution in [2.45, 2.75) is 13.8 Å². The highest BCUT2D eigenvalue weighted by Gasteiger charge is 2.21. The maximum Gasteiger partial charge on any atom is 0.257 e. The molecule has 130 valence electrons. The van der Waals surface area contributed by atoms with Crippen LogP contribution in [0, 0.1) is 13.8 Å². The molecule has 1 aliphatic rings. The molecule has 0 radical (unpaired) electrons. The third kappa shape index (κ3) is 3.93. The van der Waals surface area contributed by atoms with Gasteiger partial charge in [-0.3, -0.25) is 9.59 Å². The predicted molar refractivity (Wildman–Crippen MR) is 94.8 cm³/mol. The molecule has 25 heavy (non-hydrogen) atoms. The van der Waals surface area contributed by atoms with Crippen LogP contribution < -0.4 is 5.32 Å². The molecular weight excluding hydrogens is 318 g/mol. The Morgan fingerprint density at radius 3 is 2.40 bits per heavy atom. The average molecular weight is 339 g/mol. The monoisotopic (exact) mass is 339 g/mol. The first kappa shape index (κ1) is 16.9. The van der Waals surface area contributed by atoms with E-state index in [0.29, 0.717) is 37.7 Å². The van der Waals surface area contributed by atoms with Gasteiger partial charge in [-0.05, 0) is 25.5 Å². The van der Waals surface area contributed by atoms with Crippen molar-refractivity contribution >= 4 is 24.0 Å². The summed E-state index contributed by atoms with van der Waals surface area (Å²) in [5.41, 5.74) is 3.69. The van der Waals surface area contributed by atoms with E-state index in [2.05, 4.69) is 21.4 Å². The lowest BCUT2D eigenvalue weighted by Gasteiger charge is -2.32. The van der Waals surface area contributed by atoms with Crippen LogP contribution in [0.2, 0.25) is 0 Å². The van der Waals surface area contributed by atoms with Crippen LogP contribution >= 0.6 is 0 Å². The second kappa shape index (κ2) is 7.29. The van der Waals surface area contributed by atoms with Crippen LogP contribution in [0.4, 0.5) is 11.6 Å². The number of amides is 2. The largest absolute Gasteiger partial charge is 0.342 e. The first-order chi connectivity index (χ1) is 12.1. The number of anilines is 2. The zero-order valence-corrected chi connectivity index (χ0v) is 14.4. The predicted octanol–water partition coefficient (Wildman–Crippen LogP) is 1.75. The molecule has 1 fully saturated rings. The Balaban J connectivity index is 1.65. The molecule has 1 aromatic carbocycles. The second-order valence-electron chi connectivity index (χ2n) is 6.17. The summed E-state index contributed by atoms with van der Waals surface area (Å²) in [6, 6.07) is 6.09. The van der Waals surface area contributed by atoms with E-state index < -0.39 is 0 Å². The van der Waals surface area contributed by atoms with Crippen molar-refractivity contribution in [1.29, 1.82) is 0 Å². The van der Waals surface area contributed by atoms with Crippen molar-refractivity contribution in [2.75, 3.05) is 31.5 Å². The topological polar surface area (TPSA) is 78.4 Å². The van der Waals surface area contributed by atoms with Gasteiger partial charge in [-0.1, -0.05) is 17.7 Å². The molecule has 1 N–H and O–H groups in total. The Hall–Kier alpha value is -2.96. The van der Waals surface area contributed by atoms with Gasteiger partial charge in [-0.15, -0.1) is 0 Å². The van der Waals surface area contributed by atoms with Crippen molar-refractivity contribution in [3.05, 3.63) is 47.3 Å². The molecule has 2 heterocycles. The number of carbonyl (C=O) groups excluding carboxylic acids is 2. The van der Waals surface area contributed by atoms with Crippen LogP contribution in [0.25, 0.3) is 0 Å². The highest BCUT2D eigenvalue weighted by atomic mass is 16.2. The normalized spacial score (nSPS) is 14.3. The Bertz CT molecular complexity index is 768. The molecule has 2 aromatic rings. The number of piperazine rings is 1. The molecule has 0 unspecified atom stereocenters. The fourth-order valence-electron chi connectivity index (χ4n) is 2.79. The van der Waals surface area contributed by atoms with E-state index >= 15 is 0 Å². The van der Waals surface area contributed by atoms with E-state index in [4.69, 9.17) is 0 Å². The van der Waals surface area contributed by atoms with E-state index in [9.17, 15) is 9.59 Å². The molecule has 7 nitrogen and oxygen atoms in total. The van der Waals surface area contributed by atoms with Crippen LogP contribution in [0.15, 0.2) is 30.6 Å². The highest BCUT2D eigenvalue weighted by molar-refractivity contribution is 5.93. The maximum atomic E-state index is 12.5. The van der Waals surface area contributed by atoms with E-state index in [1.54, 1.807) is 9.80 Å². The van der Waals surface area contributed by atoms with Gasteiger partial charge in [0.1, 0.15) is 0 Å². The van der Waals surface area contributed by atoms with Gasteiger partial charge in [0.05, 0.1) is 5.56 Å². The number of carbonyl (C=O) groups is 2. The molecule has 2 amide bonds. The van der Waals surface area contributed by atoms with Crippen LogP contribution in [0.1, 0.15) is 21.5 Å². The lowest BCUT2D eigenvalue weighted by Crippen LogP contribution is -2.48. The Morgan fingerprint density at radius 1 is 1.12 bits per heavy atom. The van der Waals surface area contributed by atoms with Gasteiger partial charge in [0, 0.05) is 44.3 Å². The van der Waals surface area contributed by atoms with Crippen LogP contribution in [0.5, 0.6) is 0 Å². The Kier molecular flexibility index (Phi) is 4.92. The molecule has 0 bridgehead atoms. The molecule has 1 aliphatic heterocycles. The van der Waals surface area contributed by atoms with Crippen molar-refractivity contribution < 1.29 is 9.59 Å². The maximum absolute atomic E-state index is 12.5. The molecule has 0 spiro atoms. The Labute approximate surface area is 146 Å². The fourth-order valence-corrected chi connectivity index (χ4v) is 2.79. The lowest BCUT2D eigenvalue weighted by molar-refractivity contribution is -0.119. The summed E-state index contributed by atoms with van der Waals surface area (Å²) in [6.45, 7) is 6.24. The molecule has 0 atom stereocenters. The van der Waals surface area contributed by atoms with Crippen LogP contribution in [0.3, 0.4) is 0 Å². The van der Waals surface area contributed by atoms with Crippen molar-refractivity contribution in [1.82, 2.24) is 19.8 Å². The minimum absolute atomic E-state index is 0.108. The number of hydrogen-bond acceptors (Lipinski definition) is 5. The number of rotatable bonds is 4. The third-order valence-electron chi connectivity index (χ3n) is 4.28. The summed E-state index contributed by atoms with van der Waals surface area (Å²) in [5.74, 6) is 0.345. The van der Waals surface area contributed by atoms with Crippen molar-refractivity contribution in [3.8, 4) is 0 Å². The number of nitrogens with one attached hydrogen (secondary N) is 1. The van der Waals surface area contributed by atoms with E-state index in [0.717, 1.165) is 17.7 Å². The third-order valence-corrected chi connectivity index (χ3v) is 4.28. The van der Waals surface area contributed by atoms with Crippen LogP contribution in [-0.2, 0) is 4.79 Å². The van der Waals surface area contributed by atoms with Gasteiger partial charge in [0.15, 0.2) is 0 Å². The Morgan fingerprint density at radius 2 is 1.80 bits per heavy atom. The summed E-state index contributed by atoms with van der Waals surface area (Å²) >= 11 is 0. The van der Waals surface area contributed by atoms with Gasteiger partial charge in [-0.25, -0.2) is 9.97 Å². The first-order valence-corrected chi connectivity index (χ1v) is 8.22. The van der Waals surface area contributed by atoms with Crippen molar-refractivity contribution in [2.24, 2.45) is 0 Å². The summed E-state index contributed by atoms with van der Waals surface area (Å²) in [7, 11) is 0. The zero-order chi connectivity index (χ0) is 17.8. The number of aryl methyl sites for hydroxylation is 2. The SMILES string of the molecule is Cc1ccc(Nc2ncc(C(=O)N3CCN(C=O)CC3)cn2)c(C)c1. The molecule has 3 rings (SSSR count). The van der Waals surface area contributed by atoms with Crippen molar-refractivity contribution in [3.63, 3.8) is 0 Å². The minimum atomic E-state index is -0.108. The number of benzene rings is 1. The van der Waals surface area contributed by atoms with E-state index in [-0.39, 0.29) is 5.91 Å². The highest BCUT2D eigenvalue weighted by Crippen LogP contribution is 2.19. The summed E-state index contributed by atoms with van der Waals surface area (Å²) in [5, 5.41) is 3.17. The fraction of sp³-hybridized carbons (Fsp3) is 0.333. The molecule has 1 aromatic heterocycles. The summed E-state index contributed by atoms with van der Waals surface area (Å²) in [4.78, 5) is 35.1. The van der Waals surface area contributed by atoms with E-state index in [1.165, 1.54) is 18.0 Å². The smallest absolute Gasteiger partial charge is 0.257 e. The lowest BCUT2D eigenvalue weighted by atomic mass is 10.1. The second-order valence-corrected chi connectivity index (χ2v) is 6.17. The average Bonchev–Trinajstić information content (AvgIpc) is 2.64. The number of aromatic nitrogens is 2. The summed E-state index contributed by atoms with van der Waals surface area (Å²) in [6.07, 6.45) is 3.89. The molecule has 0 aliphatic carbocycles. The molecule has 7 heteroatoms. The minimum Gasteiger partial charge on any atom is -0.342 e. The van der Waals surface area contributed by atoms with Gasteiger partial charge in [0.25, 0.3) is 5.91 Å². The molecule has 1 saturated heterocycles. The number of nitrogens with zero attached hydrogens (tertiary/aromatic N) is 4. The van der Waals surface area contributed by atoms with Gasteiger partial charge in [0.2, 0.25) is 12.4 Å². The van der Waals surface area contributed by atoms with E-state index in [1.807, 2.05) is 26.0 Å². The zero-order valence-electron chi connectivity index (χ0n) is 14.4. The molecular formula is C18H21N5O2. The molecule has 0 saturated carbocycles. The standard InChI is InChI=1S/C18H21N5O2/c1-13-3-4-16(14(2)9-13)21-18-19-10-15(11-20-18)17(25)23-7-5-22(12-24)6-8-23/h3-4,9-12H,5-8H2,1-2H3,(H,19,20,21). The van der Waals surface area contributed by atoms with Gasteiger partial charge < -0.3 is 15.1 Å². The van der Waals surface area contributed by atoms with Crippen LogP contribution in [-0.4, -0.2) is 58.3 Å². The quantitative estimate of drug-likeness (QED) is 0.859. The van der Waals surface area contributed by atoms with Gasteiger partial charge >= 0.3 is 0 Å². The van der Waals surface area contributed by atoms with Gasteiger partial charge in [-0.2, -0.15) is 0 Å². The number of hydrogen-bond donors (Lipinski definition) is 1. The summed E-state index contributed by atoms with van der Waals surface area (Å²) < 4.78 is 0. The first-order valence-electron chi connectivity index (χ1n) is 8.22.